The van der Waals surface area contributed by atoms with Crippen molar-refractivity contribution in [3.8, 4) is 0 Å². The van der Waals surface area contributed by atoms with Gasteiger partial charge in [0, 0.05) is 0 Å². The van der Waals surface area contributed by atoms with E-state index in [0.29, 0.717) is 0 Å². The van der Waals surface area contributed by atoms with Gasteiger partial charge in [-0.2, -0.15) is 9.89 Å². The highest BCUT2D eigenvalue weighted by molar-refractivity contribution is 5.96. The van der Waals surface area contributed by atoms with Crippen LogP contribution in [0.4, 0.5) is 5.82 Å². The highest BCUT2D eigenvalue weighted by Gasteiger charge is 2.09. The quantitative estimate of drug-likeness (QED) is 0.403. The second-order valence-electron chi connectivity index (χ2n) is 1.75. The van der Waals surface area contributed by atoms with Gasteiger partial charge in [0.1, 0.15) is 5.56 Å². The Balaban J connectivity index is 3.17. The van der Waals surface area contributed by atoms with Crippen LogP contribution < -0.4 is 17.3 Å². The minimum absolute atomic E-state index is 0.0764. The highest BCUT2D eigenvalue weighted by atomic mass is 16.1. The number of carbonyl (C=O) groups is 1. The van der Waals surface area contributed by atoms with Crippen LogP contribution in [0.3, 0.4) is 0 Å². The minimum Gasteiger partial charge on any atom is -0.382 e. The van der Waals surface area contributed by atoms with Crippen LogP contribution in [0.15, 0.2) is 6.20 Å². The average molecular weight is 141 g/mol. The molecule has 6 nitrogen and oxygen atoms in total. The SMILES string of the molecule is NC(=O)c1cnn(N)c1N. The number of rotatable bonds is 1. The van der Waals surface area contributed by atoms with Crippen LogP contribution in [0.5, 0.6) is 0 Å². The van der Waals surface area contributed by atoms with Crippen molar-refractivity contribution in [1.82, 2.24) is 9.89 Å². The normalized spacial score (nSPS) is 9.60. The van der Waals surface area contributed by atoms with Crippen LogP contribution in [0.1, 0.15) is 10.4 Å². The van der Waals surface area contributed by atoms with Crippen molar-refractivity contribution in [3.63, 3.8) is 0 Å². The number of primary amides is 1. The number of nitrogen functional groups attached to an aromatic ring is 2. The summed E-state index contributed by atoms with van der Waals surface area (Å²) < 4.78 is 0. The number of carbonyl (C=O) groups excluding carboxylic acids is 1. The summed E-state index contributed by atoms with van der Waals surface area (Å²) in [6, 6.07) is 0. The van der Waals surface area contributed by atoms with E-state index >= 15 is 0 Å². The Labute approximate surface area is 56.6 Å². The molecule has 1 heterocycles. The number of anilines is 1. The lowest BCUT2D eigenvalue weighted by atomic mass is 10.3. The maximum absolute atomic E-state index is 10.5. The van der Waals surface area contributed by atoms with Gasteiger partial charge in [-0.15, -0.1) is 0 Å². The number of hydrogen-bond donors (Lipinski definition) is 3. The first kappa shape index (κ1) is 6.40. The van der Waals surface area contributed by atoms with Gasteiger partial charge in [0.2, 0.25) is 0 Å². The van der Waals surface area contributed by atoms with Crippen LogP contribution in [0.2, 0.25) is 0 Å². The summed E-state index contributed by atoms with van der Waals surface area (Å²) in [7, 11) is 0. The molecule has 1 aromatic rings. The smallest absolute Gasteiger partial charge is 0.254 e. The summed E-state index contributed by atoms with van der Waals surface area (Å²) in [5.41, 5.74) is 10.3. The van der Waals surface area contributed by atoms with Gasteiger partial charge in [-0.05, 0) is 0 Å². The number of amides is 1. The molecule has 0 atom stereocenters. The molecule has 0 spiro atoms. The Kier molecular flexibility index (Phi) is 1.22. The molecular formula is C4H7N5O. The van der Waals surface area contributed by atoms with Gasteiger partial charge in [-0.1, -0.05) is 0 Å². The van der Waals surface area contributed by atoms with Crippen molar-refractivity contribution in [3.05, 3.63) is 11.8 Å². The molecule has 54 valence electrons. The molecule has 0 saturated carbocycles. The molecular weight excluding hydrogens is 134 g/mol. The zero-order valence-electron chi connectivity index (χ0n) is 5.11. The molecule has 0 aliphatic carbocycles. The molecule has 0 aliphatic rings. The van der Waals surface area contributed by atoms with Crippen LogP contribution in [-0.2, 0) is 0 Å². The molecule has 0 aliphatic heterocycles. The minimum atomic E-state index is -0.630. The second-order valence-corrected chi connectivity index (χ2v) is 1.75. The second kappa shape index (κ2) is 1.90. The first-order valence-electron chi connectivity index (χ1n) is 2.51. The van der Waals surface area contributed by atoms with Gasteiger partial charge in [0.25, 0.3) is 5.91 Å². The van der Waals surface area contributed by atoms with Gasteiger partial charge in [0.05, 0.1) is 6.20 Å². The Hall–Kier alpha value is -1.72. The Bertz CT molecular complexity index is 265. The monoisotopic (exact) mass is 141 g/mol. The predicted octanol–water partition coefficient (Wildman–Crippen LogP) is -1.72. The summed E-state index contributed by atoms with van der Waals surface area (Å²) in [6.07, 6.45) is 1.22. The number of hydrogen-bond acceptors (Lipinski definition) is 4. The van der Waals surface area contributed by atoms with E-state index < -0.39 is 5.91 Å². The van der Waals surface area contributed by atoms with Crippen molar-refractivity contribution in [2.24, 2.45) is 5.73 Å². The molecule has 6 N–H and O–H groups in total. The summed E-state index contributed by atoms with van der Waals surface area (Å²) in [4.78, 5) is 11.4. The first-order chi connectivity index (χ1) is 4.63. The van der Waals surface area contributed by atoms with Gasteiger partial charge < -0.3 is 17.3 Å². The van der Waals surface area contributed by atoms with Crippen molar-refractivity contribution < 1.29 is 4.79 Å². The topological polar surface area (TPSA) is 113 Å². The molecule has 1 rings (SSSR count). The van der Waals surface area contributed by atoms with E-state index in [4.69, 9.17) is 17.3 Å². The maximum atomic E-state index is 10.5. The fraction of sp³-hybridized carbons (Fsp3) is 0. The number of nitrogens with two attached hydrogens (primary N) is 3. The van der Waals surface area contributed by atoms with Gasteiger partial charge >= 0.3 is 0 Å². The molecule has 0 fully saturated rings. The van der Waals surface area contributed by atoms with E-state index in [1.165, 1.54) is 6.20 Å². The van der Waals surface area contributed by atoms with E-state index in [9.17, 15) is 4.79 Å². The third kappa shape index (κ3) is 0.750. The lowest BCUT2D eigenvalue weighted by Crippen LogP contribution is -2.17. The summed E-state index contributed by atoms with van der Waals surface area (Å²) in [5.74, 6) is 4.60. The molecule has 0 saturated heterocycles. The number of aromatic nitrogens is 2. The van der Waals surface area contributed by atoms with Crippen molar-refractivity contribution in [2.45, 2.75) is 0 Å². The van der Waals surface area contributed by atoms with Crippen LogP contribution in [-0.4, -0.2) is 15.8 Å². The van der Waals surface area contributed by atoms with Crippen molar-refractivity contribution >= 4 is 11.7 Å². The van der Waals surface area contributed by atoms with Crippen LogP contribution in [0, 0.1) is 0 Å². The van der Waals surface area contributed by atoms with Crippen molar-refractivity contribution in [1.29, 1.82) is 0 Å². The number of nitrogens with zero attached hydrogens (tertiary/aromatic N) is 2. The molecule has 0 radical (unpaired) electrons. The summed E-state index contributed by atoms with van der Waals surface area (Å²) >= 11 is 0. The predicted molar refractivity (Wildman–Crippen MR) is 35.3 cm³/mol. The van der Waals surface area contributed by atoms with E-state index in [1.807, 2.05) is 0 Å². The lowest BCUT2D eigenvalue weighted by Gasteiger charge is -1.93. The van der Waals surface area contributed by atoms with Crippen LogP contribution in [0.25, 0.3) is 0 Å². The lowest BCUT2D eigenvalue weighted by molar-refractivity contribution is 0.100. The molecule has 10 heavy (non-hydrogen) atoms. The van der Waals surface area contributed by atoms with Gasteiger partial charge in [-0.3, -0.25) is 4.79 Å². The standard InChI is InChI=1S/C4H7N5O/c5-3-2(4(6)10)1-8-9(3)7/h1H,5,7H2,(H2,6,10). The van der Waals surface area contributed by atoms with Gasteiger partial charge in [0.15, 0.2) is 5.82 Å². The Morgan fingerprint density at radius 2 is 2.30 bits per heavy atom. The molecule has 1 amide bonds. The summed E-state index contributed by atoms with van der Waals surface area (Å²) in [5, 5.41) is 3.51. The molecule has 0 bridgehead atoms. The molecule has 0 aromatic carbocycles. The molecule has 0 unspecified atom stereocenters. The molecule has 1 aromatic heterocycles. The summed E-state index contributed by atoms with van der Waals surface area (Å²) in [6.45, 7) is 0. The van der Waals surface area contributed by atoms with Gasteiger partial charge in [-0.25, -0.2) is 0 Å². The Morgan fingerprint density at radius 3 is 2.50 bits per heavy atom. The molecule has 6 heteroatoms. The van der Waals surface area contributed by atoms with Crippen molar-refractivity contribution in [2.75, 3.05) is 11.6 Å². The fourth-order valence-electron chi connectivity index (χ4n) is 0.562. The largest absolute Gasteiger partial charge is 0.382 e. The van der Waals surface area contributed by atoms with E-state index in [2.05, 4.69) is 5.10 Å². The third-order valence-corrected chi connectivity index (χ3v) is 1.10. The van der Waals surface area contributed by atoms with E-state index in [-0.39, 0.29) is 11.4 Å². The Morgan fingerprint density at radius 1 is 1.70 bits per heavy atom. The van der Waals surface area contributed by atoms with E-state index in [0.717, 1.165) is 4.79 Å². The first-order valence-corrected chi connectivity index (χ1v) is 2.51. The fourth-order valence-corrected chi connectivity index (χ4v) is 0.562. The highest BCUT2D eigenvalue weighted by Crippen LogP contribution is 2.05. The zero-order chi connectivity index (χ0) is 7.72. The maximum Gasteiger partial charge on any atom is 0.254 e. The van der Waals surface area contributed by atoms with E-state index in [1.54, 1.807) is 0 Å². The third-order valence-electron chi connectivity index (χ3n) is 1.10. The zero-order valence-corrected chi connectivity index (χ0v) is 5.11. The average Bonchev–Trinajstić information content (AvgIpc) is 2.14. The van der Waals surface area contributed by atoms with Crippen LogP contribution >= 0.6 is 0 Å².